The van der Waals surface area contributed by atoms with E-state index >= 15 is 0 Å². The average Bonchev–Trinajstić information content (AvgIpc) is 2.14. The Morgan fingerprint density at radius 3 is 1.93 bits per heavy atom. The van der Waals surface area contributed by atoms with Crippen LogP contribution in [0.2, 0.25) is 3.43 Å². The minimum absolute atomic E-state index is 0.522. The average molecular weight is 299 g/mol. The van der Waals surface area contributed by atoms with Gasteiger partial charge in [-0.1, -0.05) is 0 Å². The van der Waals surface area contributed by atoms with Crippen LogP contribution in [0.4, 0.5) is 0 Å². The molecule has 0 radical (unpaired) electrons. The maximum absolute atomic E-state index is 3.88. The Morgan fingerprint density at radius 2 is 1.64 bits per heavy atom. The molecule has 0 fully saturated rings. The van der Waals surface area contributed by atoms with Gasteiger partial charge in [0, 0.05) is 0 Å². The van der Waals surface area contributed by atoms with E-state index in [2.05, 4.69) is 44.9 Å². The molecule has 0 saturated heterocycles. The van der Waals surface area contributed by atoms with Gasteiger partial charge >= 0.3 is 102 Å². The first-order chi connectivity index (χ1) is 6.64. The van der Waals surface area contributed by atoms with Crippen molar-refractivity contribution in [1.29, 1.82) is 0 Å². The summed E-state index contributed by atoms with van der Waals surface area (Å²) < 4.78 is 0.522. The van der Waals surface area contributed by atoms with Crippen LogP contribution in [0.1, 0.15) is 32.6 Å². The Kier molecular flexibility index (Phi) is 7.34. The number of rotatable bonds is 8. The molecule has 1 atom stereocenters. The van der Waals surface area contributed by atoms with Gasteiger partial charge in [-0.25, -0.2) is 0 Å². The normalized spacial score (nSPS) is 13.5. The molecule has 0 saturated carbocycles. The van der Waals surface area contributed by atoms with E-state index in [-0.39, 0.29) is 0 Å². The van der Waals surface area contributed by atoms with E-state index < -0.39 is 0 Å². The van der Waals surface area contributed by atoms with Crippen molar-refractivity contribution in [2.45, 2.75) is 36.0 Å². The molecular weight excluding hydrogens is 275 g/mol. The van der Waals surface area contributed by atoms with E-state index in [9.17, 15) is 0 Å². The molecule has 1 heteroatoms. The van der Waals surface area contributed by atoms with E-state index in [0.29, 0.717) is 26.0 Å². The van der Waals surface area contributed by atoms with Crippen molar-refractivity contribution in [2.75, 3.05) is 0 Å². The summed E-state index contributed by atoms with van der Waals surface area (Å²) in [7, 11) is 0. The van der Waals surface area contributed by atoms with Crippen molar-refractivity contribution in [3.8, 4) is 0 Å². The number of hydrogen-bond acceptors (Lipinski definition) is 0. The van der Waals surface area contributed by atoms with Gasteiger partial charge in [0.2, 0.25) is 0 Å². The predicted octanol–water partition coefficient (Wildman–Crippen LogP) is 3.27. The molecule has 80 valence electrons. The van der Waals surface area contributed by atoms with E-state index in [1.54, 1.807) is 0 Å². The zero-order valence-corrected chi connectivity index (χ0v) is 15.5. The molecule has 0 aromatic carbocycles. The van der Waals surface area contributed by atoms with Crippen molar-refractivity contribution >= 4 is 22.5 Å². The second kappa shape index (κ2) is 7.33. The third-order valence-electron chi connectivity index (χ3n) is 3.15. The van der Waals surface area contributed by atoms with Crippen LogP contribution in [-0.2, 0) is 0 Å². The predicted molar refractivity (Wildman–Crippen MR) is 70.9 cm³/mol. The molecule has 14 heavy (non-hydrogen) atoms. The third-order valence-corrected chi connectivity index (χ3v) is 7.81. The van der Waals surface area contributed by atoms with Crippen molar-refractivity contribution < 1.29 is 0 Å². The van der Waals surface area contributed by atoms with E-state index in [0.717, 1.165) is 25.2 Å². The van der Waals surface area contributed by atoms with Gasteiger partial charge in [-0.3, -0.25) is 0 Å². The molecule has 0 aliphatic carbocycles. The molecular formula is C13H24Sn. The van der Waals surface area contributed by atoms with Crippen LogP contribution in [-0.4, -0.2) is 22.5 Å². The zero-order valence-electron chi connectivity index (χ0n) is 9.76. The first-order valence-electron chi connectivity index (χ1n) is 5.47. The Balaban J connectivity index is 4.62. The summed E-state index contributed by atoms with van der Waals surface area (Å²) in [5, 5.41) is 0. The van der Waals surface area contributed by atoms with Gasteiger partial charge in [0.25, 0.3) is 0 Å². The van der Waals surface area contributed by atoms with Crippen molar-refractivity contribution in [1.82, 2.24) is 0 Å². The number of hydrogen-bond donors (Lipinski definition) is 0. The molecule has 0 aromatic rings. The monoisotopic (exact) mass is 300 g/mol. The number of allylic oxidation sites excluding steroid dienone is 3. The summed E-state index contributed by atoms with van der Waals surface area (Å²) in [6.07, 6.45) is 10.9. The molecule has 0 aliphatic rings. The van der Waals surface area contributed by atoms with Gasteiger partial charge in [-0.05, 0) is 0 Å². The summed E-state index contributed by atoms with van der Waals surface area (Å²) in [6.45, 7) is 13.9. The standard InChI is InChI=1S/C13H21.Sn.3H/c1-5-9-12(8-4)13(10-6-2)11-7-3;;;;/h5-7,12H,1-3,8-11H2,4H3;;;;. The second-order valence-electron chi connectivity index (χ2n) is 4.27. The van der Waals surface area contributed by atoms with Crippen LogP contribution < -0.4 is 0 Å². The fraction of sp³-hybridized carbons (Fsp3) is 0.538. The summed E-state index contributed by atoms with van der Waals surface area (Å²) in [6, 6.07) is 0. The topological polar surface area (TPSA) is 0 Å². The summed E-state index contributed by atoms with van der Waals surface area (Å²) in [5.41, 5.74) is 0. The molecule has 1 unspecified atom stereocenters. The van der Waals surface area contributed by atoms with Gasteiger partial charge in [-0.2, -0.15) is 0 Å². The van der Waals surface area contributed by atoms with E-state index in [1.165, 1.54) is 6.42 Å². The van der Waals surface area contributed by atoms with Gasteiger partial charge in [-0.15, -0.1) is 0 Å². The van der Waals surface area contributed by atoms with Crippen LogP contribution in [0.15, 0.2) is 38.0 Å². The van der Waals surface area contributed by atoms with Crippen LogP contribution in [0.5, 0.6) is 0 Å². The van der Waals surface area contributed by atoms with Crippen LogP contribution >= 0.6 is 0 Å². The van der Waals surface area contributed by atoms with Crippen LogP contribution in [0, 0.1) is 5.92 Å². The first-order valence-corrected chi connectivity index (χ1v) is 8.32. The van der Waals surface area contributed by atoms with Gasteiger partial charge in [0.15, 0.2) is 0 Å². The Bertz CT molecular complexity index is 183. The Hall–Kier alpha value is 0.0187. The molecule has 0 spiro atoms. The first kappa shape index (κ1) is 14.0. The van der Waals surface area contributed by atoms with E-state index in [4.69, 9.17) is 0 Å². The second-order valence-corrected chi connectivity index (χ2v) is 9.95. The van der Waals surface area contributed by atoms with Crippen LogP contribution in [0.3, 0.4) is 0 Å². The summed E-state index contributed by atoms with van der Waals surface area (Å²) >= 11 is 0.630. The molecule has 0 rings (SSSR count). The van der Waals surface area contributed by atoms with Crippen molar-refractivity contribution in [2.24, 2.45) is 5.92 Å². The Morgan fingerprint density at radius 1 is 1.14 bits per heavy atom. The van der Waals surface area contributed by atoms with E-state index in [1.807, 2.05) is 0 Å². The SMILES string of the molecule is C=CCC(CC)[C]([SnH3])(CC=C)CC=C. The van der Waals surface area contributed by atoms with Crippen molar-refractivity contribution in [3.63, 3.8) is 0 Å². The summed E-state index contributed by atoms with van der Waals surface area (Å²) in [4.78, 5) is 0. The van der Waals surface area contributed by atoms with Gasteiger partial charge in [0.05, 0.1) is 0 Å². The van der Waals surface area contributed by atoms with Crippen molar-refractivity contribution in [3.05, 3.63) is 38.0 Å². The van der Waals surface area contributed by atoms with Gasteiger partial charge < -0.3 is 0 Å². The molecule has 0 aromatic heterocycles. The molecule has 0 heterocycles. The van der Waals surface area contributed by atoms with Crippen LogP contribution in [0.25, 0.3) is 0 Å². The minimum atomic E-state index is 0.522. The summed E-state index contributed by atoms with van der Waals surface area (Å²) in [5.74, 6) is 0.784. The molecule has 0 bridgehead atoms. The molecule has 0 aliphatic heterocycles. The third kappa shape index (κ3) is 4.03. The zero-order chi connectivity index (χ0) is 11.0. The fourth-order valence-corrected chi connectivity index (χ4v) is 5.71. The molecule has 0 amide bonds. The maximum atomic E-state index is 3.88. The molecule has 0 N–H and O–H groups in total. The Labute approximate surface area is 102 Å². The van der Waals surface area contributed by atoms with Gasteiger partial charge in [0.1, 0.15) is 0 Å². The quantitative estimate of drug-likeness (QED) is 0.477. The fourth-order valence-electron chi connectivity index (χ4n) is 2.22. The molecule has 0 nitrogen and oxygen atoms in total.